The van der Waals surface area contributed by atoms with Crippen LogP contribution in [-0.2, 0) is 20.6 Å². The van der Waals surface area contributed by atoms with Crippen molar-refractivity contribution in [1.82, 2.24) is 9.62 Å². The third-order valence-corrected chi connectivity index (χ3v) is 7.50. The molecular formula is C23H32N3O3S+. The first-order valence-corrected chi connectivity index (χ1v) is 12.2. The van der Waals surface area contributed by atoms with Gasteiger partial charge in [0.15, 0.2) is 6.54 Å². The second-order valence-electron chi connectivity index (χ2n) is 8.01. The van der Waals surface area contributed by atoms with Crippen molar-refractivity contribution >= 4 is 15.9 Å². The smallest absolute Gasteiger partial charge is 0.275 e. The summed E-state index contributed by atoms with van der Waals surface area (Å²) < 4.78 is 26.9. The fourth-order valence-electron chi connectivity index (χ4n) is 3.83. The summed E-state index contributed by atoms with van der Waals surface area (Å²) in [6.07, 6.45) is 0.829. The first-order chi connectivity index (χ1) is 14.4. The molecule has 0 spiro atoms. The van der Waals surface area contributed by atoms with E-state index in [1.165, 1.54) is 5.56 Å². The van der Waals surface area contributed by atoms with Crippen LogP contribution >= 0.6 is 0 Å². The Morgan fingerprint density at radius 3 is 2.30 bits per heavy atom. The van der Waals surface area contributed by atoms with Crippen molar-refractivity contribution in [2.75, 3.05) is 32.7 Å². The zero-order chi connectivity index (χ0) is 21.6. The Labute approximate surface area is 179 Å². The minimum atomic E-state index is -3.33. The summed E-state index contributed by atoms with van der Waals surface area (Å²) in [4.78, 5) is 13.7. The van der Waals surface area contributed by atoms with Gasteiger partial charge >= 0.3 is 0 Å². The number of carbonyl (C=O) groups excluding carboxylic acids is 1. The Kier molecular flexibility index (Phi) is 7.64. The highest BCUT2D eigenvalue weighted by molar-refractivity contribution is 7.88. The number of hydrogen-bond donors (Lipinski definition) is 2. The third kappa shape index (κ3) is 6.14. The number of amides is 1. The molecule has 1 heterocycles. The first-order valence-electron chi connectivity index (χ1n) is 10.6. The maximum Gasteiger partial charge on any atom is 0.275 e. The number of quaternary nitrogens is 1. The van der Waals surface area contributed by atoms with E-state index in [9.17, 15) is 13.2 Å². The molecule has 2 N–H and O–H groups in total. The molecule has 0 radical (unpaired) electrons. The van der Waals surface area contributed by atoms with Gasteiger partial charge in [0.1, 0.15) is 0 Å². The first kappa shape index (κ1) is 22.5. The van der Waals surface area contributed by atoms with Gasteiger partial charge in [-0.2, -0.15) is 4.31 Å². The van der Waals surface area contributed by atoms with Gasteiger partial charge in [-0.1, -0.05) is 67.1 Å². The van der Waals surface area contributed by atoms with Gasteiger partial charge in [-0.25, -0.2) is 8.42 Å². The summed E-state index contributed by atoms with van der Waals surface area (Å²) in [5.41, 5.74) is 3.11. The van der Waals surface area contributed by atoms with Crippen molar-refractivity contribution in [2.45, 2.75) is 32.1 Å². The molecule has 1 aliphatic rings. The van der Waals surface area contributed by atoms with Gasteiger partial charge in [0, 0.05) is 0 Å². The summed E-state index contributed by atoms with van der Waals surface area (Å²) in [7, 11) is -3.33. The molecule has 1 saturated heterocycles. The molecular weight excluding hydrogens is 398 g/mol. The zero-order valence-electron chi connectivity index (χ0n) is 17.8. The Hall–Kier alpha value is -2.22. The quantitative estimate of drug-likeness (QED) is 0.663. The second-order valence-corrected chi connectivity index (χ2v) is 9.98. The monoisotopic (exact) mass is 430 g/mol. The lowest BCUT2D eigenvalue weighted by molar-refractivity contribution is -0.895. The van der Waals surface area contributed by atoms with Crippen molar-refractivity contribution in [2.24, 2.45) is 0 Å². The molecule has 0 aliphatic carbocycles. The molecule has 7 heteroatoms. The summed E-state index contributed by atoms with van der Waals surface area (Å²) in [5.74, 6) is 0.0382. The van der Waals surface area contributed by atoms with E-state index in [0.29, 0.717) is 32.7 Å². The van der Waals surface area contributed by atoms with Crippen LogP contribution in [0.4, 0.5) is 0 Å². The van der Waals surface area contributed by atoms with E-state index >= 15 is 0 Å². The van der Waals surface area contributed by atoms with Gasteiger partial charge in [-0.3, -0.25) is 4.79 Å². The van der Waals surface area contributed by atoms with Crippen molar-refractivity contribution in [3.05, 3.63) is 71.3 Å². The molecule has 1 aliphatic heterocycles. The minimum Gasteiger partial charge on any atom is -0.344 e. The molecule has 30 heavy (non-hydrogen) atoms. The number of rotatable bonds is 8. The molecule has 0 aromatic heterocycles. The highest BCUT2D eigenvalue weighted by Crippen LogP contribution is 2.17. The van der Waals surface area contributed by atoms with Crippen molar-refractivity contribution in [3.8, 4) is 0 Å². The standard InChI is InChI=1S/C23H31N3O3S/c1-3-22(21-11-9-19(2)10-12-21)24-23(27)17-25-13-15-26(16-14-25)30(28,29)18-20-7-5-4-6-8-20/h4-12,22H,3,13-18H2,1-2H3,(H,24,27)/p+1/t22-/m0/s1. The Balaban J connectivity index is 1.49. The van der Waals surface area contributed by atoms with Crippen LogP contribution in [-0.4, -0.2) is 51.4 Å². The van der Waals surface area contributed by atoms with Gasteiger partial charge in [0.05, 0.1) is 38.0 Å². The average Bonchev–Trinajstić information content (AvgIpc) is 2.73. The lowest BCUT2D eigenvalue weighted by Crippen LogP contribution is -3.15. The maximum atomic E-state index is 12.7. The van der Waals surface area contributed by atoms with E-state index in [1.807, 2.05) is 37.3 Å². The summed E-state index contributed by atoms with van der Waals surface area (Å²) >= 11 is 0. The zero-order valence-corrected chi connectivity index (χ0v) is 18.6. The lowest BCUT2D eigenvalue weighted by atomic mass is 10.0. The van der Waals surface area contributed by atoms with Crippen LogP contribution in [0.3, 0.4) is 0 Å². The molecule has 3 rings (SSSR count). The van der Waals surface area contributed by atoms with Gasteiger partial charge in [-0.15, -0.1) is 0 Å². The van der Waals surface area contributed by atoms with Crippen LogP contribution in [0, 0.1) is 6.92 Å². The number of aryl methyl sites for hydroxylation is 1. The number of sulfonamides is 1. The van der Waals surface area contributed by atoms with Gasteiger partial charge < -0.3 is 10.2 Å². The molecule has 2 aromatic rings. The van der Waals surface area contributed by atoms with Crippen molar-refractivity contribution in [1.29, 1.82) is 0 Å². The number of benzene rings is 2. The Morgan fingerprint density at radius 1 is 1.07 bits per heavy atom. The number of nitrogens with zero attached hydrogens (tertiary/aromatic N) is 1. The third-order valence-electron chi connectivity index (χ3n) is 5.65. The molecule has 0 unspecified atom stereocenters. The molecule has 1 fully saturated rings. The summed E-state index contributed by atoms with van der Waals surface area (Å²) in [6, 6.07) is 17.5. The maximum absolute atomic E-state index is 12.7. The molecule has 1 atom stereocenters. The van der Waals surface area contributed by atoms with Crippen LogP contribution in [0.15, 0.2) is 54.6 Å². The second kappa shape index (κ2) is 10.2. The van der Waals surface area contributed by atoms with Gasteiger partial charge in [0.2, 0.25) is 10.0 Å². The van der Waals surface area contributed by atoms with Crippen molar-refractivity contribution in [3.63, 3.8) is 0 Å². The molecule has 1 amide bonds. The topological polar surface area (TPSA) is 70.9 Å². The molecule has 2 aromatic carbocycles. The normalized spacial score (nSPS) is 16.9. The Bertz CT molecular complexity index is 922. The minimum absolute atomic E-state index is 0.00467. The van der Waals surface area contributed by atoms with Crippen LogP contribution < -0.4 is 10.2 Å². The Morgan fingerprint density at radius 2 is 1.70 bits per heavy atom. The van der Waals surface area contributed by atoms with E-state index in [0.717, 1.165) is 22.4 Å². The van der Waals surface area contributed by atoms with Crippen LogP contribution in [0.1, 0.15) is 36.1 Å². The molecule has 162 valence electrons. The lowest BCUT2D eigenvalue weighted by Gasteiger charge is -2.31. The molecule has 0 bridgehead atoms. The number of hydrogen-bond acceptors (Lipinski definition) is 3. The summed E-state index contributed by atoms with van der Waals surface area (Å²) in [6.45, 7) is 6.67. The van der Waals surface area contributed by atoms with Gasteiger partial charge in [-0.05, 0) is 24.5 Å². The largest absolute Gasteiger partial charge is 0.344 e. The predicted octanol–water partition coefficient (Wildman–Crippen LogP) is 1.29. The van der Waals surface area contributed by atoms with E-state index in [-0.39, 0.29) is 17.7 Å². The SMILES string of the molecule is CC[C@H](NC(=O)C[NH+]1CCN(S(=O)(=O)Cc2ccccc2)CC1)c1ccc(C)cc1. The molecule has 0 saturated carbocycles. The predicted molar refractivity (Wildman–Crippen MR) is 119 cm³/mol. The van der Waals surface area contributed by atoms with E-state index in [1.54, 1.807) is 4.31 Å². The number of nitrogens with one attached hydrogen (secondary N) is 2. The van der Waals surface area contributed by atoms with Crippen molar-refractivity contribution < 1.29 is 18.1 Å². The number of piperazine rings is 1. The fraction of sp³-hybridized carbons (Fsp3) is 0.435. The van der Waals surface area contributed by atoms with E-state index < -0.39 is 10.0 Å². The van der Waals surface area contributed by atoms with E-state index in [2.05, 4.69) is 36.5 Å². The average molecular weight is 431 g/mol. The fourth-order valence-corrected chi connectivity index (χ4v) is 5.36. The van der Waals surface area contributed by atoms with Crippen LogP contribution in [0.25, 0.3) is 0 Å². The number of carbonyl (C=O) groups is 1. The van der Waals surface area contributed by atoms with Crippen LogP contribution in [0.5, 0.6) is 0 Å². The van der Waals surface area contributed by atoms with E-state index in [4.69, 9.17) is 0 Å². The molecule has 6 nitrogen and oxygen atoms in total. The highest BCUT2D eigenvalue weighted by atomic mass is 32.2. The summed E-state index contributed by atoms with van der Waals surface area (Å²) in [5, 5.41) is 3.13. The van der Waals surface area contributed by atoms with Crippen LogP contribution in [0.2, 0.25) is 0 Å². The van der Waals surface area contributed by atoms with Gasteiger partial charge in [0.25, 0.3) is 5.91 Å². The highest BCUT2D eigenvalue weighted by Gasteiger charge is 2.30.